The Hall–Kier alpha value is -2.34. The SMILES string of the molecule is N#CCc1cccnc1OCc1ccccc1. The Kier molecular flexibility index (Phi) is 3.72. The Balaban J connectivity index is 2.07. The molecule has 0 atom stereocenters. The lowest BCUT2D eigenvalue weighted by atomic mass is 10.2. The van der Waals surface area contributed by atoms with Gasteiger partial charge in [-0.05, 0) is 11.6 Å². The first-order chi connectivity index (χ1) is 8.40. The van der Waals surface area contributed by atoms with Crippen LogP contribution in [0.25, 0.3) is 0 Å². The third kappa shape index (κ3) is 3.05. The van der Waals surface area contributed by atoms with Crippen LogP contribution in [-0.4, -0.2) is 4.98 Å². The summed E-state index contributed by atoms with van der Waals surface area (Å²) in [6, 6.07) is 15.6. The largest absolute Gasteiger partial charge is 0.473 e. The minimum Gasteiger partial charge on any atom is -0.473 e. The number of benzene rings is 1. The molecular formula is C14H12N2O. The van der Waals surface area contributed by atoms with Gasteiger partial charge in [0.2, 0.25) is 5.88 Å². The average molecular weight is 224 g/mol. The predicted molar refractivity (Wildman–Crippen MR) is 64.3 cm³/mol. The number of aromatic nitrogens is 1. The summed E-state index contributed by atoms with van der Waals surface area (Å²) in [6.07, 6.45) is 1.99. The normalized spacial score (nSPS) is 9.59. The van der Waals surface area contributed by atoms with E-state index < -0.39 is 0 Å². The number of hydrogen-bond acceptors (Lipinski definition) is 3. The van der Waals surface area contributed by atoms with Crippen LogP contribution in [0.15, 0.2) is 48.7 Å². The van der Waals surface area contributed by atoms with Crippen molar-refractivity contribution in [3.63, 3.8) is 0 Å². The fourth-order valence-corrected chi connectivity index (χ4v) is 1.50. The molecule has 0 bridgehead atoms. The van der Waals surface area contributed by atoms with Crippen LogP contribution in [0.2, 0.25) is 0 Å². The summed E-state index contributed by atoms with van der Waals surface area (Å²) >= 11 is 0. The lowest BCUT2D eigenvalue weighted by molar-refractivity contribution is 0.291. The van der Waals surface area contributed by atoms with Crippen LogP contribution in [-0.2, 0) is 13.0 Å². The predicted octanol–water partition coefficient (Wildman–Crippen LogP) is 2.73. The van der Waals surface area contributed by atoms with E-state index in [2.05, 4.69) is 11.1 Å². The smallest absolute Gasteiger partial charge is 0.217 e. The zero-order valence-electron chi connectivity index (χ0n) is 9.34. The number of pyridine rings is 1. The van der Waals surface area contributed by atoms with Crippen molar-refractivity contribution < 1.29 is 4.74 Å². The van der Waals surface area contributed by atoms with Crippen molar-refractivity contribution in [2.45, 2.75) is 13.0 Å². The zero-order chi connectivity index (χ0) is 11.9. The summed E-state index contributed by atoms with van der Waals surface area (Å²) in [5, 5.41) is 8.70. The van der Waals surface area contributed by atoms with Gasteiger partial charge in [0.15, 0.2) is 0 Å². The molecule has 0 radical (unpaired) electrons. The Labute approximate surface area is 100 Å². The van der Waals surface area contributed by atoms with E-state index >= 15 is 0 Å². The van der Waals surface area contributed by atoms with Crippen molar-refractivity contribution in [2.75, 3.05) is 0 Å². The second kappa shape index (κ2) is 5.66. The van der Waals surface area contributed by atoms with Crippen LogP contribution >= 0.6 is 0 Å². The highest BCUT2D eigenvalue weighted by Crippen LogP contribution is 2.16. The molecule has 0 aliphatic rings. The van der Waals surface area contributed by atoms with E-state index in [9.17, 15) is 0 Å². The average Bonchev–Trinajstić information content (AvgIpc) is 2.39. The molecule has 0 fully saturated rings. The fourth-order valence-electron chi connectivity index (χ4n) is 1.50. The zero-order valence-corrected chi connectivity index (χ0v) is 9.34. The maximum atomic E-state index is 8.70. The minimum absolute atomic E-state index is 0.317. The van der Waals surface area contributed by atoms with Crippen molar-refractivity contribution in [3.05, 3.63) is 59.8 Å². The van der Waals surface area contributed by atoms with Crippen LogP contribution in [0.4, 0.5) is 0 Å². The highest BCUT2D eigenvalue weighted by atomic mass is 16.5. The highest BCUT2D eigenvalue weighted by Gasteiger charge is 2.04. The number of nitriles is 1. The Morgan fingerprint density at radius 1 is 1.12 bits per heavy atom. The molecule has 0 spiro atoms. The van der Waals surface area contributed by atoms with Gasteiger partial charge in [0.1, 0.15) is 6.61 Å². The van der Waals surface area contributed by atoms with E-state index in [1.54, 1.807) is 6.20 Å². The maximum absolute atomic E-state index is 8.70. The molecule has 2 aromatic rings. The Morgan fingerprint density at radius 2 is 1.94 bits per heavy atom. The van der Waals surface area contributed by atoms with Crippen LogP contribution in [0.5, 0.6) is 5.88 Å². The molecule has 3 heteroatoms. The summed E-state index contributed by atoms with van der Waals surface area (Å²) in [6.45, 7) is 0.469. The van der Waals surface area contributed by atoms with E-state index in [0.29, 0.717) is 18.9 Å². The fraction of sp³-hybridized carbons (Fsp3) is 0.143. The molecule has 0 amide bonds. The van der Waals surface area contributed by atoms with Gasteiger partial charge in [0.25, 0.3) is 0 Å². The van der Waals surface area contributed by atoms with Crippen molar-refractivity contribution in [1.29, 1.82) is 5.26 Å². The van der Waals surface area contributed by atoms with Crippen LogP contribution in [0, 0.1) is 11.3 Å². The first kappa shape index (κ1) is 11.2. The summed E-state index contributed by atoms with van der Waals surface area (Å²) in [5.41, 5.74) is 1.91. The molecule has 0 saturated heterocycles. The maximum Gasteiger partial charge on any atom is 0.217 e. The lowest BCUT2D eigenvalue weighted by Gasteiger charge is -2.07. The monoisotopic (exact) mass is 224 g/mol. The van der Waals surface area contributed by atoms with Gasteiger partial charge in [-0.2, -0.15) is 5.26 Å². The first-order valence-electron chi connectivity index (χ1n) is 5.37. The van der Waals surface area contributed by atoms with Gasteiger partial charge in [0, 0.05) is 11.8 Å². The third-order valence-corrected chi connectivity index (χ3v) is 2.34. The van der Waals surface area contributed by atoms with E-state index in [0.717, 1.165) is 11.1 Å². The van der Waals surface area contributed by atoms with Crippen molar-refractivity contribution in [3.8, 4) is 11.9 Å². The number of ether oxygens (including phenoxy) is 1. The van der Waals surface area contributed by atoms with Crippen molar-refractivity contribution >= 4 is 0 Å². The first-order valence-corrected chi connectivity index (χ1v) is 5.37. The molecular weight excluding hydrogens is 212 g/mol. The van der Waals surface area contributed by atoms with Crippen LogP contribution in [0.1, 0.15) is 11.1 Å². The van der Waals surface area contributed by atoms with Gasteiger partial charge in [0.05, 0.1) is 12.5 Å². The Morgan fingerprint density at radius 3 is 2.71 bits per heavy atom. The molecule has 0 saturated carbocycles. The second-order valence-corrected chi connectivity index (χ2v) is 3.58. The van der Waals surface area contributed by atoms with E-state index in [1.807, 2.05) is 42.5 Å². The molecule has 0 unspecified atom stereocenters. The van der Waals surface area contributed by atoms with Gasteiger partial charge in [-0.1, -0.05) is 36.4 Å². The molecule has 84 valence electrons. The van der Waals surface area contributed by atoms with Crippen molar-refractivity contribution in [1.82, 2.24) is 4.98 Å². The van der Waals surface area contributed by atoms with Crippen LogP contribution < -0.4 is 4.74 Å². The molecule has 1 heterocycles. The second-order valence-electron chi connectivity index (χ2n) is 3.58. The number of hydrogen-bond donors (Lipinski definition) is 0. The van der Waals surface area contributed by atoms with Crippen molar-refractivity contribution in [2.24, 2.45) is 0 Å². The van der Waals surface area contributed by atoms with E-state index in [4.69, 9.17) is 10.00 Å². The molecule has 3 nitrogen and oxygen atoms in total. The number of rotatable bonds is 4. The summed E-state index contributed by atoms with van der Waals surface area (Å²) in [4.78, 5) is 4.14. The molecule has 1 aromatic heterocycles. The lowest BCUT2D eigenvalue weighted by Crippen LogP contribution is -2.00. The van der Waals surface area contributed by atoms with E-state index in [-0.39, 0.29) is 0 Å². The summed E-state index contributed by atoms with van der Waals surface area (Å²) < 4.78 is 5.61. The quantitative estimate of drug-likeness (QED) is 0.802. The molecule has 2 rings (SSSR count). The molecule has 17 heavy (non-hydrogen) atoms. The minimum atomic E-state index is 0.317. The molecule has 0 aliphatic carbocycles. The van der Waals surface area contributed by atoms with Gasteiger partial charge in [-0.25, -0.2) is 4.98 Å². The van der Waals surface area contributed by atoms with Crippen LogP contribution in [0.3, 0.4) is 0 Å². The number of nitrogens with zero attached hydrogens (tertiary/aromatic N) is 2. The van der Waals surface area contributed by atoms with Gasteiger partial charge >= 0.3 is 0 Å². The molecule has 0 aliphatic heterocycles. The summed E-state index contributed by atoms with van der Waals surface area (Å²) in [5.74, 6) is 0.540. The molecule has 1 aromatic carbocycles. The van der Waals surface area contributed by atoms with Gasteiger partial charge < -0.3 is 4.74 Å². The highest BCUT2D eigenvalue weighted by molar-refractivity contribution is 5.28. The topological polar surface area (TPSA) is 45.9 Å². The Bertz CT molecular complexity index is 517. The molecule has 0 N–H and O–H groups in total. The van der Waals surface area contributed by atoms with Gasteiger partial charge in [-0.15, -0.1) is 0 Å². The standard InChI is InChI=1S/C14H12N2O/c15-9-8-13-7-4-10-16-14(13)17-11-12-5-2-1-3-6-12/h1-7,10H,8,11H2. The van der Waals surface area contributed by atoms with E-state index in [1.165, 1.54) is 0 Å². The summed E-state index contributed by atoms with van der Waals surface area (Å²) in [7, 11) is 0. The third-order valence-electron chi connectivity index (χ3n) is 2.34. The van der Waals surface area contributed by atoms with Gasteiger partial charge in [-0.3, -0.25) is 0 Å².